The number of hydrogen-bond donors (Lipinski definition) is 0. The summed E-state index contributed by atoms with van der Waals surface area (Å²) in [7, 11) is 0. The van der Waals surface area contributed by atoms with Gasteiger partial charge in [-0.3, -0.25) is 4.79 Å². The minimum Gasteiger partial charge on any atom is -0.444 e. The molecule has 20 heavy (non-hydrogen) atoms. The standard InChI is InChI=1S/C16H25NO3/c1-15(2,3)20-14(19)17-10-16-7-5-4-6-12(16)13(17)8-11(18)9-16/h12-13H,4-10H2,1-3H3/t12-,13-,16-/m0/s1. The van der Waals surface area contributed by atoms with Crippen LogP contribution in [-0.2, 0) is 9.53 Å². The zero-order valence-electron chi connectivity index (χ0n) is 12.8. The molecule has 0 aromatic carbocycles. The van der Waals surface area contributed by atoms with Crippen molar-refractivity contribution in [1.29, 1.82) is 0 Å². The highest BCUT2D eigenvalue weighted by Gasteiger charge is 2.58. The molecule has 1 heterocycles. The normalized spacial score (nSPS) is 36.8. The molecule has 0 aromatic rings. The van der Waals surface area contributed by atoms with E-state index in [1.165, 1.54) is 12.8 Å². The summed E-state index contributed by atoms with van der Waals surface area (Å²) in [6.07, 6.45) is 5.67. The quantitative estimate of drug-likeness (QED) is 0.684. The fourth-order valence-corrected chi connectivity index (χ4v) is 4.55. The summed E-state index contributed by atoms with van der Waals surface area (Å²) in [5.41, 5.74) is -0.407. The Morgan fingerprint density at radius 3 is 2.80 bits per heavy atom. The zero-order chi connectivity index (χ0) is 14.5. The second-order valence-electron chi connectivity index (χ2n) is 7.81. The molecule has 0 radical (unpaired) electrons. The maximum atomic E-state index is 12.4. The predicted octanol–water partition coefficient (Wildman–Crippen LogP) is 3.15. The molecular formula is C16H25NO3. The van der Waals surface area contributed by atoms with Gasteiger partial charge in [-0.05, 0) is 44.9 Å². The predicted molar refractivity (Wildman–Crippen MR) is 75.4 cm³/mol. The smallest absolute Gasteiger partial charge is 0.410 e. The van der Waals surface area contributed by atoms with E-state index in [0.29, 0.717) is 24.5 Å². The monoisotopic (exact) mass is 279 g/mol. The molecule has 2 saturated carbocycles. The van der Waals surface area contributed by atoms with Crippen molar-refractivity contribution in [3.8, 4) is 0 Å². The molecule has 3 aliphatic rings. The zero-order valence-corrected chi connectivity index (χ0v) is 12.8. The van der Waals surface area contributed by atoms with Gasteiger partial charge in [0.1, 0.15) is 11.4 Å². The van der Waals surface area contributed by atoms with Crippen molar-refractivity contribution < 1.29 is 14.3 Å². The first-order valence-electron chi connectivity index (χ1n) is 7.82. The minimum atomic E-state index is -0.472. The first-order valence-corrected chi connectivity index (χ1v) is 7.82. The average Bonchev–Trinajstić information content (AvgIpc) is 2.54. The summed E-state index contributed by atoms with van der Waals surface area (Å²) in [5.74, 6) is 0.848. The van der Waals surface area contributed by atoms with Gasteiger partial charge in [-0.2, -0.15) is 0 Å². The van der Waals surface area contributed by atoms with Crippen molar-refractivity contribution in [2.75, 3.05) is 6.54 Å². The van der Waals surface area contributed by atoms with E-state index >= 15 is 0 Å². The summed E-state index contributed by atoms with van der Waals surface area (Å²) in [4.78, 5) is 26.4. The molecule has 1 amide bonds. The maximum absolute atomic E-state index is 12.4. The van der Waals surface area contributed by atoms with Gasteiger partial charge in [0.15, 0.2) is 0 Å². The molecule has 3 atom stereocenters. The van der Waals surface area contributed by atoms with E-state index in [4.69, 9.17) is 4.74 Å². The Morgan fingerprint density at radius 2 is 2.10 bits per heavy atom. The van der Waals surface area contributed by atoms with Gasteiger partial charge in [-0.1, -0.05) is 12.8 Å². The Kier molecular flexibility index (Phi) is 3.11. The van der Waals surface area contributed by atoms with Gasteiger partial charge in [0.05, 0.1) is 0 Å². The third-order valence-corrected chi connectivity index (χ3v) is 5.19. The number of amides is 1. The number of carbonyl (C=O) groups is 2. The highest BCUT2D eigenvalue weighted by Crippen LogP contribution is 2.56. The first kappa shape index (κ1) is 13.9. The van der Waals surface area contributed by atoms with Gasteiger partial charge in [0.2, 0.25) is 0 Å². The lowest BCUT2D eigenvalue weighted by molar-refractivity contribution is -0.125. The highest BCUT2D eigenvalue weighted by atomic mass is 16.6. The van der Waals surface area contributed by atoms with Gasteiger partial charge >= 0.3 is 6.09 Å². The minimum absolute atomic E-state index is 0.0646. The molecule has 4 nitrogen and oxygen atoms in total. The third-order valence-electron chi connectivity index (χ3n) is 5.19. The van der Waals surface area contributed by atoms with Crippen LogP contribution in [0.25, 0.3) is 0 Å². The summed E-state index contributed by atoms with van der Waals surface area (Å²) in [6, 6.07) is 0.0893. The van der Waals surface area contributed by atoms with Crippen molar-refractivity contribution in [2.45, 2.75) is 70.9 Å². The van der Waals surface area contributed by atoms with E-state index in [1.54, 1.807) is 0 Å². The molecule has 0 spiro atoms. The van der Waals surface area contributed by atoms with Crippen LogP contribution < -0.4 is 0 Å². The molecule has 112 valence electrons. The summed E-state index contributed by atoms with van der Waals surface area (Å²) < 4.78 is 5.54. The maximum Gasteiger partial charge on any atom is 0.410 e. The van der Waals surface area contributed by atoms with Gasteiger partial charge in [0, 0.05) is 25.4 Å². The second kappa shape index (κ2) is 4.47. The van der Waals surface area contributed by atoms with Crippen molar-refractivity contribution in [3.05, 3.63) is 0 Å². The van der Waals surface area contributed by atoms with Crippen LogP contribution in [0, 0.1) is 11.3 Å². The van der Waals surface area contributed by atoms with Crippen LogP contribution in [0.4, 0.5) is 4.79 Å². The van der Waals surface area contributed by atoms with Crippen molar-refractivity contribution >= 4 is 11.9 Å². The van der Waals surface area contributed by atoms with Crippen molar-refractivity contribution in [3.63, 3.8) is 0 Å². The Hall–Kier alpha value is -1.06. The number of carbonyl (C=O) groups excluding carboxylic acids is 2. The van der Waals surface area contributed by atoms with Gasteiger partial charge in [0.25, 0.3) is 0 Å². The summed E-state index contributed by atoms with van der Waals surface area (Å²) in [6.45, 7) is 6.40. The SMILES string of the molecule is CC(C)(C)OC(=O)N1C[C@@]23CCCC[C@H]2[C@@H]1CC(=O)C3. The molecule has 1 aliphatic heterocycles. The molecule has 0 N–H and O–H groups in total. The van der Waals surface area contributed by atoms with E-state index in [9.17, 15) is 9.59 Å². The Bertz CT molecular complexity index is 439. The Labute approximate surface area is 120 Å². The van der Waals surface area contributed by atoms with Crippen molar-refractivity contribution in [1.82, 2.24) is 4.90 Å². The van der Waals surface area contributed by atoms with Crippen molar-refractivity contribution in [2.24, 2.45) is 11.3 Å². The molecule has 2 aliphatic carbocycles. The summed E-state index contributed by atoms with van der Waals surface area (Å²) in [5, 5.41) is 0. The average molecular weight is 279 g/mol. The lowest BCUT2D eigenvalue weighted by atomic mass is 9.60. The molecule has 2 bridgehead atoms. The number of likely N-dealkylation sites (tertiary alicyclic amines) is 1. The van der Waals surface area contributed by atoms with Crippen LogP contribution in [0.1, 0.15) is 59.3 Å². The van der Waals surface area contributed by atoms with E-state index in [2.05, 4.69) is 0 Å². The molecule has 0 aromatic heterocycles. The van der Waals surface area contributed by atoms with Gasteiger partial charge in [-0.25, -0.2) is 4.79 Å². The fourth-order valence-electron chi connectivity index (χ4n) is 4.55. The Morgan fingerprint density at radius 1 is 1.35 bits per heavy atom. The number of ketones is 1. The lowest BCUT2D eigenvalue weighted by Crippen LogP contribution is -2.44. The highest BCUT2D eigenvalue weighted by molar-refractivity contribution is 5.83. The second-order valence-corrected chi connectivity index (χ2v) is 7.81. The van der Waals surface area contributed by atoms with E-state index in [0.717, 1.165) is 19.4 Å². The van der Waals surface area contributed by atoms with Crippen LogP contribution in [0.2, 0.25) is 0 Å². The van der Waals surface area contributed by atoms with Crippen LogP contribution in [0.15, 0.2) is 0 Å². The van der Waals surface area contributed by atoms with Gasteiger partial charge in [-0.15, -0.1) is 0 Å². The molecular weight excluding hydrogens is 254 g/mol. The largest absolute Gasteiger partial charge is 0.444 e. The topological polar surface area (TPSA) is 46.6 Å². The Balaban J connectivity index is 1.84. The van der Waals surface area contributed by atoms with E-state index in [-0.39, 0.29) is 17.6 Å². The molecule has 3 rings (SSSR count). The van der Waals surface area contributed by atoms with Crippen LogP contribution in [0.5, 0.6) is 0 Å². The van der Waals surface area contributed by atoms with E-state index in [1.807, 2.05) is 25.7 Å². The van der Waals surface area contributed by atoms with Crippen LogP contribution in [0.3, 0.4) is 0 Å². The molecule has 1 saturated heterocycles. The molecule has 4 heteroatoms. The van der Waals surface area contributed by atoms with Crippen LogP contribution >= 0.6 is 0 Å². The third kappa shape index (κ3) is 2.23. The lowest BCUT2D eigenvalue weighted by Gasteiger charge is -2.42. The number of hydrogen-bond acceptors (Lipinski definition) is 3. The molecule has 0 unspecified atom stereocenters. The molecule has 3 fully saturated rings. The fraction of sp³-hybridized carbons (Fsp3) is 0.875. The van der Waals surface area contributed by atoms with Crippen LogP contribution in [-0.4, -0.2) is 35.0 Å². The first-order chi connectivity index (χ1) is 9.31. The number of Topliss-reactive ketones (excluding diaryl/α,β-unsaturated/α-hetero) is 1. The number of ether oxygens (including phenoxy) is 1. The van der Waals surface area contributed by atoms with E-state index < -0.39 is 5.60 Å². The number of nitrogens with zero attached hydrogens (tertiary/aromatic N) is 1. The number of rotatable bonds is 0. The summed E-state index contributed by atoms with van der Waals surface area (Å²) >= 11 is 0. The van der Waals surface area contributed by atoms with Gasteiger partial charge < -0.3 is 9.64 Å².